The summed E-state index contributed by atoms with van der Waals surface area (Å²) in [6, 6.07) is 0. The zero-order chi connectivity index (χ0) is 57.0. The van der Waals surface area contributed by atoms with E-state index in [4.69, 9.17) is 37.9 Å². The normalized spacial score (nSPS) is 40.0. The third-order valence-corrected chi connectivity index (χ3v) is 10.7. The number of aliphatic hydroxyl groups excluding tert-OH is 26. The lowest BCUT2D eigenvalue weighted by molar-refractivity contribution is -0.329. The summed E-state index contributed by atoms with van der Waals surface area (Å²) in [6.07, 6.45) is -43.0. The summed E-state index contributed by atoms with van der Waals surface area (Å²) in [5.41, 5.74) is 0. The first-order valence-electron chi connectivity index (χ1n) is 22.3. The fourth-order valence-electron chi connectivity index (χ4n) is 6.68. The molecule has 0 aromatic rings. The van der Waals surface area contributed by atoms with E-state index in [9.17, 15) is 133 Å². The van der Waals surface area contributed by atoms with Crippen molar-refractivity contribution in [3.05, 3.63) is 69.3 Å². The van der Waals surface area contributed by atoms with Crippen LogP contribution in [0, 0.1) is 0 Å². The fraction of sp³-hybridized carbons (Fsp3) is 0.707. The van der Waals surface area contributed by atoms with Crippen LogP contribution in [0.25, 0.3) is 0 Å². The monoisotopic (exact) mass is 1100 g/mol. The highest BCUT2D eigenvalue weighted by Crippen LogP contribution is 2.31. The molecule has 1 fully saturated rings. The zero-order valence-corrected chi connectivity index (χ0v) is 39.3. The topological polar surface area (TPSA) is 600 Å². The molecule has 3 aliphatic heterocycles. The van der Waals surface area contributed by atoms with Gasteiger partial charge in [-0.15, -0.1) is 0 Å². The lowest BCUT2D eigenvalue weighted by Crippen LogP contribution is -2.61. The van der Waals surface area contributed by atoms with Gasteiger partial charge in [-0.1, -0.05) is 0 Å². The predicted octanol–water partition coefficient (Wildman–Crippen LogP) is -5.06. The van der Waals surface area contributed by atoms with E-state index in [1.807, 2.05) is 0 Å². The van der Waals surface area contributed by atoms with Gasteiger partial charge in [0.15, 0.2) is 70.0 Å². The Balaban J connectivity index is 2.87. The van der Waals surface area contributed by atoms with Crippen LogP contribution in [0.3, 0.4) is 0 Å². The second kappa shape index (κ2) is 31.9. The molecule has 0 spiro atoms. The highest BCUT2D eigenvalue weighted by molar-refractivity contribution is 5.15. The molecule has 34 heteroatoms. The van der Waals surface area contributed by atoms with Crippen molar-refractivity contribution < 1.29 is 171 Å². The van der Waals surface area contributed by atoms with Crippen molar-refractivity contribution in [1.29, 1.82) is 0 Å². The van der Waals surface area contributed by atoms with Gasteiger partial charge in [0.2, 0.25) is 37.2 Å². The van der Waals surface area contributed by atoms with Gasteiger partial charge in [-0.3, -0.25) is 0 Å². The van der Waals surface area contributed by atoms with Gasteiger partial charge < -0.3 is 171 Å². The Morgan fingerprint density at radius 3 is 0.840 bits per heavy atom. The van der Waals surface area contributed by atoms with Crippen LogP contribution in [0.15, 0.2) is 69.3 Å². The van der Waals surface area contributed by atoms with Gasteiger partial charge in [0, 0.05) is 78.2 Å². The van der Waals surface area contributed by atoms with E-state index >= 15 is 0 Å². The van der Waals surface area contributed by atoms with E-state index < -0.39 is 253 Å². The molecule has 0 saturated carbocycles. The van der Waals surface area contributed by atoms with Gasteiger partial charge in [0.25, 0.3) is 0 Å². The highest BCUT2D eigenvalue weighted by atomic mass is 16.7. The number of fused-ring (bicyclic) bond motifs is 25. The van der Waals surface area contributed by atoms with Crippen LogP contribution in [-0.2, 0) is 37.9 Å². The maximum atomic E-state index is 11.0. The molecule has 2 unspecified atom stereocenters. The number of hydrogen-bond donors (Lipinski definition) is 26. The summed E-state index contributed by atoms with van der Waals surface area (Å²) >= 11 is 0. The lowest BCUT2D eigenvalue weighted by Gasteiger charge is -2.43. The molecular weight excluding hydrogens is 1040 g/mol. The molecule has 0 aromatic carbocycles. The maximum absolute atomic E-state index is 11.0. The molecule has 75 heavy (non-hydrogen) atoms. The van der Waals surface area contributed by atoms with Crippen LogP contribution >= 0.6 is 0 Å². The van der Waals surface area contributed by atoms with Crippen molar-refractivity contribution in [3.8, 4) is 0 Å². The largest absolute Gasteiger partial charge is 0.506 e. The fourth-order valence-corrected chi connectivity index (χ4v) is 6.68. The van der Waals surface area contributed by atoms with E-state index in [0.29, 0.717) is 0 Å². The quantitative estimate of drug-likeness (QED) is 0.0821. The van der Waals surface area contributed by atoms with Crippen molar-refractivity contribution in [3.63, 3.8) is 0 Å². The Morgan fingerprint density at radius 1 is 0.280 bits per heavy atom. The van der Waals surface area contributed by atoms with Crippen molar-refractivity contribution in [2.45, 2.75) is 137 Å². The van der Waals surface area contributed by atoms with E-state index in [1.165, 1.54) is 0 Å². The summed E-state index contributed by atoms with van der Waals surface area (Å²) in [5.74, 6) is -18.9. The molecule has 34 nitrogen and oxygen atoms in total. The summed E-state index contributed by atoms with van der Waals surface area (Å²) in [4.78, 5) is 0. The van der Waals surface area contributed by atoms with E-state index in [-0.39, 0.29) is 0 Å². The summed E-state index contributed by atoms with van der Waals surface area (Å²) in [5, 5.41) is 273. The molecule has 3 rings (SSSR count). The first kappa shape index (κ1) is 66.1. The summed E-state index contributed by atoms with van der Waals surface area (Å²) < 4.78 is 41.1. The molecule has 26 N–H and O–H groups in total. The Labute approximate surface area is 423 Å². The van der Waals surface area contributed by atoms with Crippen molar-refractivity contribution >= 4 is 0 Å². The molecule has 3 heterocycles. The smallest absolute Gasteiger partial charge is 0.319 e. The third-order valence-electron chi connectivity index (χ3n) is 10.7. The molecule has 3 aliphatic rings. The SMILES string of the molecule is OCC[C@H]1O[C@H]2OC(CO)[C@@H](O[C@@H](O)/C(O)=C(\O)[C@@H](CCO)O[C@@H](O)/C(O)=C(/O)[C@@H](CCO)O[C@@H](O)/C(O)=C(\O)[C@@H](CCO)O[C@@H](O)/C(O)=C(\O)[C@@H](CCO)O[C@@H](O)/C(O)=C(\O)[C@@H](CCO)O/C(O)=C/1O)[C@H](O)C2O. The summed E-state index contributed by atoms with van der Waals surface area (Å²) in [7, 11) is 0. The molecule has 0 amide bonds. The maximum Gasteiger partial charge on any atom is 0.319 e. The van der Waals surface area contributed by atoms with Gasteiger partial charge in [0.05, 0.1) is 6.61 Å². The Hall–Kier alpha value is -5.00. The Morgan fingerprint density at radius 2 is 0.547 bits per heavy atom. The van der Waals surface area contributed by atoms with E-state index in [1.54, 1.807) is 0 Å². The highest BCUT2D eigenvalue weighted by Gasteiger charge is 2.48. The Bertz CT molecular complexity index is 1940. The molecular formula is C41H68O34. The first-order valence-corrected chi connectivity index (χ1v) is 22.3. The minimum Gasteiger partial charge on any atom is -0.506 e. The standard InChI is InChI=1S/C41H68O34/c42-7-1-14-21(49)28(56)36(63)69-15(2-8-43)22(50)29(57)37(64)70-16(3-9-44)23(51)30(58)38(65)71-17(4-10-45)24(52)31(59)39(66)72-18(5-11-46)25(53)32(60)40(67)75-34-20(13-48)74-41(33(61)27(34)55)73-19(6-12-47)26(54)35(62)68-14/h14-20,27,33-34,36-67H,1-13H2/b28-21+,29-22+,30-23+,31-24-,32-25+,35-26-/t14-,15-,16-,17-,18-,19-,20?,27-,33?,34-,36-,37-,38-,39-,40-,41+/m1/s1. The predicted molar refractivity (Wildman–Crippen MR) is 236 cm³/mol. The minimum absolute atomic E-state index is 0.732. The number of rotatable bonds is 13. The van der Waals surface area contributed by atoms with Crippen LogP contribution in [-0.4, -0.2) is 278 Å². The molecule has 0 aliphatic carbocycles. The van der Waals surface area contributed by atoms with Gasteiger partial charge in [-0.2, -0.15) is 0 Å². The first-order chi connectivity index (χ1) is 35.3. The molecule has 1 saturated heterocycles. The van der Waals surface area contributed by atoms with Crippen LogP contribution in [0.1, 0.15) is 38.5 Å². The number of ether oxygens (including phenoxy) is 8. The molecule has 0 radical (unpaired) electrons. The Kier molecular flexibility index (Phi) is 28.1. The van der Waals surface area contributed by atoms with Crippen LogP contribution in [0.4, 0.5) is 0 Å². The van der Waals surface area contributed by atoms with E-state index in [2.05, 4.69) is 0 Å². The van der Waals surface area contributed by atoms with Crippen molar-refractivity contribution in [2.24, 2.45) is 0 Å². The number of aliphatic hydroxyl groups is 26. The van der Waals surface area contributed by atoms with E-state index in [0.717, 1.165) is 0 Å². The lowest BCUT2D eigenvalue weighted by atomic mass is 9.98. The third kappa shape index (κ3) is 18.0. The number of hydrogen-bond acceptors (Lipinski definition) is 34. The second-order valence-corrected chi connectivity index (χ2v) is 15.9. The minimum atomic E-state index is -2.85. The summed E-state index contributed by atoms with van der Waals surface area (Å²) in [6.45, 7) is -6.94. The van der Waals surface area contributed by atoms with Gasteiger partial charge in [-0.05, 0) is 0 Å². The van der Waals surface area contributed by atoms with Gasteiger partial charge in [-0.25, -0.2) is 0 Å². The average Bonchev–Trinajstić information content (AvgIpc) is 3.38. The van der Waals surface area contributed by atoms with Crippen LogP contribution in [0.5, 0.6) is 0 Å². The average molecular weight is 1100 g/mol. The second-order valence-electron chi connectivity index (χ2n) is 15.9. The molecule has 0 aromatic heterocycles. The van der Waals surface area contributed by atoms with Gasteiger partial charge >= 0.3 is 5.95 Å². The zero-order valence-electron chi connectivity index (χ0n) is 39.3. The van der Waals surface area contributed by atoms with Crippen molar-refractivity contribution in [2.75, 3.05) is 46.2 Å². The van der Waals surface area contributed by atoms with Crippen molar-refractivity contribution in [1.82, 2.24) is 0 Å². The van der Waals surface area contributed by atoms with Crippen LogP contribution < -0.4 is 0 Å². The molecule has 436 valence electrons. The molecule has 2 bridgehead atoms. The van der Waals surface area contributed by atoms with Gasteiger partial charge in [0.1, 0.15) is 54.9 Å². The molecule has 16 atom stereocenters. The van der Waals surface area contributed by atoms with Crippen LogP contribution in [0.2, 0.25) is 0 Å².